The molecule has 3 rings (SSSR count). The van der Waals surface area contributed by atoms with E-state index in [1.165, 1.54) is 12.3 Å². The van der Waals surface area contributed by atoms with Crippen LogP contribution in [0.3, 0.4) is 0 Å². The zero-order valence-corrected chi connectivity index (χ0v) is 12.5. The molecule has 22 heavy (non-hydrogen) atoms. The summed E-state index contributed by atoms with van der Waals surface area (Å²) in [6.45, 7) is 5.57. The van der Waals surface area contributed by atoms with Gasteiger partial charge in [-0.3, -0.25) is 4.79 Å². The molecule has 0 atom stereocenters. The quantitative estimate of drug-likeness (QED) is 0.791. The molecular formula is C16H15FN4O. The first-order chi connectivity index (χ1) is 10.5. The molecule has 0 radical (unpaired) electrons. The second-order valence-corrected chi connectivity index (χ2v) is 5.27. The van der Waals surface area contributed by atoms with Crippen LogP contribution in [0.2, 0.25) is 0 Å². The van der Waals surface area contributed by atoms with Crippen molar-refractivity contribution in [3.8, 4) is 0 Å². The number of carbonyl (C=O) groups excluding carboxylic acids is 1. The summed E-state index contributed by atoms with van der Waals surface area (Å²) in [5.74, 6) is -0.909. The summed E-state index contributed by atoms with van der Waals surface area (Å²) in [6, 6.07) is 6.44. The van der Waals surface area contributed by atoms with Crippen LogP contribution in [0, 0.1) is 26.6 Å². The summed E-state index contributed by atoms with van der Waals surface area (Å²) >= 11 is 0. The van der Waals surface area contributed by atoms with E-state index in [9.17, 15) is 9.18 Å². The number of nitrogens with zero attached hydrogens (tertiary/aromatic N) is 3. The number of carbonyl (C=O) groups is 1. The molecule has 3 aromatic rings. The topological polar surface area (TPSA) is 59.3 Å². The number of aryl methyl sites for hydroxylation is 3. The maximum Gasteiger partial charge on any atom is 0.261 e. The summed E-state index contributed by atoms with van der Waals surface area (Å²) in [5.41, 5.74) is 3.45. The Morgan fingerprint density at radius 2 is 2.00 bits per heavy atom. The van der Waals surface area contributed by atoms with Crippen molar-refractivity contribution in [2.45, 2.75) is 20.8 Å². The smallest absolute Gasteiger partial charge is 0.261 e. The van der Waals surface area contributed by atoms with Gasteiger partial charge in [0.2, 0.25) is 0 Å². The fourth-order valence-corrected chi connectivity index (χ4v) is 2.36. The van der Waals surface area contributed by atoms with E-state index >= 15 is 0 Å². The Labute approximate surface area is 126 Å². The molecule has 0 fully saturated rings. The Kier molecular flexibility index (Phi) is 3.36. The van der Waals surface area contributed by atoms with Crippen molar-refractivity contribution < 1.29 is 9.18 Å². The third kappa shape index (κ3) is 2.43. The van der Waals surface area contributed by atoms with Gasteiger partial charge in [-0.15, -0.1) is 0 Å². The lowest BCUT2D eigenvalue weighted by Gasteiger charge is -2.07. The molecule has 6 heteroatoms. The van der Waals surface area contributed by atoms with Gasteiger partial charge >= 0.3 is 0 Å². The highest BCUT2D eigenvalue weighted by Gasteiger charge is 2.17. The summed E-state index contributed by atoms with van der Waals surface area (Å²) < 4.78 is 15.4. The molecule has 2 aromatic heterocycles. The second-order valence-electron chi connectivity index (χ2n) is 5.27. The van der Waals surface area contributed by atoms with Crippen LogP contribution in [-0.2, 0) is 0 Å². The molecule has 0 spiro atoms. The molecule has 0 aliphatic rings. The van der Waals surface area contributed by atoms with Crippen molar-refractivity contribution in [2.75, 3.05) is 5.32 Å². The predicted molar refractivity (Wildman–Crippen MR) is 81.6 cm³/mol. The highest BCUT2D eigenvalue weighted by atomic mass is 19.1. The summed E-state index contributed by atoms with van der Waals surface area (Å²) in [4.78, 5) is 16.7. The van der Waals surface area contributed by atoms with Gasteiger partial charge in [0.25, 0.3) is 5.91 Å². The predicted octanol–water partition coefficient (Wildman–Crippen LogP) is 3.05. The minimum absolute atomic E-state index is 0.147. The van der Waals surface area contributed by atoms with Crippen LogP contribution in [0.4, 0.5) is 10.1 Å². The highest BCUT2D eigenvalue weighted by molar-refractivity contribution is 6.08. The number of hydrogen-bond acceptors (Lipinski definition) is 3. The van der Waals surface area contributed by atoms with E-state index in [-0.39, 0.29) is 5.69 Å². The Morgan fingerprint density at radius 3 is 2.77 bits per heavy atom. The molecule has 112 valence electrons. The average Bonchev–Trinajstić information content (AvgIpc) is 2.87. The number of anilines is 1. The van der Waals surface area contributed by atoms with Gasteiger partial charge in [0.15, 0.2) is 5.65 Å². The molecule has 1 N–H and O–H groups in total. The van der Waals surface area contributed by atoms with E-state index in [1.54, 1.807) is 16.6 Å². The Hall–Kier alpha value is -2.76. The number of aromatic nitrogens is 3. The van der Waals surface area contributed by atoms with Gasteiger partial charge in [-0.25, -0.2) is 13.9 Å². The number of halogens is 1. The summed E-state index contributed by atoms with van der Waals surface area (Å²) in [6.07, 6.45) is 1.44. The molecule has 0 saturated carbocycles. The van der Waals surface area contributed by atoms with E-state index in [1.807, 2.05) is 26.8 Å². The highest BCUT2D eigenvalue weighted by Crippen LogP contribution is 2.18. The normalized spacial score (nSPS) is 10.9. The van der Waals surface area contributed by atoms with Crippen molar-refractivity contribution in [3.63, 3.8) is 0 Å². The Morgan fingerprint density at radius 1 is 1.23 bits per heavy atom. The van der Waals surface area contributed by atoms with Gasteiger partial charge in [-0.2, -0.15) is 5.10 Å². The average molecular weight is 298 g/mol. The fourth-order valence-electron chi connectivity index (χ4n) is 2.36. The standard InChI is InChI=1S/C16H15FN4O/c1-9-4-5-13(17)14(6-9)20-16(22)12-8-18-21-11(3)7-10(2)19-15(12)21/h4-8H,1-3H3,(H,20,22). The lowest BCUT2D eigenvalue weighted by Crippen LogP contribution is -2.13. The SMILES string of the molecule is Cc1ccc(F)c(NC(=O)c2cnn3c(C)cc(C)nc23)c1. The second kappa shape index (κ2) is 5.22. The van der Waals surface area contributed by atoms with Crippen molar-refractivity contribution in [3.05, 3.63) is 58.8 Å². The number of rotatable bonds is 2. The van der Waals surface area contributed by atoms with Crippen LogP contribution in [-0.4, -0.2) is 20.5 Å². The zero-order valence-electron chi connectivity index (χ0n) is 12.5. The molecule has 0 unspecified atom stereocenters. The van der Waals surface area contributed by atoms with Crippen LogP contribution in [0.5, 0.6) is 0 Å². The molecular weight excluding hydrogens is 283 g/mol. The fraction of sp³-hybridized carbons (Fsp3) is 0.188. The Balaban J connectivity index is 2.01. The van der Waals surface area contributed by atoms with Crippen LogP contribution >= 0.6 is 0 Å². The van der Waals surface area contributed by atoms with Gasteiger partial charge in [0.05, 0.1) is 11.9 Å². The molecule has 0 aliphatic carbocycles. The largest absolute Gasteiger partial charge is 0.319 e. The van der Waals surface area contributed by atoms with E-state index in [0.29, 0.717) is 11.2 Å². The molecule has 1 amide bonds. The third-order valence-electron chi connectivity index (χ3n) is 3.39. The van der Waals surface area contributed by atoms with Crippen LogP contribution in [0.25, 0.3) is 5.65 Å². The van der Waals surface area contributed by atoms with Gasteiger partial charge < -0.3 is 5.32 Å². The number of benzene rings is 1. The molecule has 1 aromatic carbocycles. The monoisotopic (exact) mass is 298 g/mol. The Bertz CT molecular complexity index is 885. The van der Waals surface area contributed by atoms with Crippen molar-refractivity contribution >= 4 is 17.2 Å². The van der Waals surface area contributed by atoms with Crippen molar-refractivity contribution in [1.82, 2.24) is 14.6 Å². The van der Waals surface area contributed by atoms with Gasteiger partial charge in [0, 0.05) is 11.4 Å². The lowest BCUT2D eigenvalue weighted by molar-refractivity contribution is 0.102. The van der Waals surface area contributed by atoms with Crippen LogP contribution < -0.4 is 5.32 Å². The third-order valence-corrected chi connectivity index (χ3v) is 3.39. The minimum atomic E-state index is -0.476. The summed E-state index contributed by atoms with van der Waals surface area (Å²) in [7, 11) is 0. The molecule has 0 aliphatic heterocycles. The van der Waals surface area contributed by atoms with Crippen LogP contribution in [0.1, 0.15) is 27.3 Å². The van der Waals surface area contributed by atoms with Gasteiger partial charge in [0.1, 0.15) is 11.4 Å². The number of hydrogen-bond donors (Lipinski definition) is 1. The van der Waals surface area contributed by atoms with Crippen molar-refractivity contribution in [1.29, 1.82) is 0 Å². The van der Waals surface area contributed by atoms with E-state index in [2.05, 4.69) is 15.4 Å². The maximum atomic E-state index is 13.8. The molecule has 5 nitrogen and oxygen atoms in total. The lowest BCUT2D eigenvalue weighted by atomic mass is 10.2. The van der Waals surface area contributed by atoms with Gasteiger partial charge in [-0.05, 0) is 44.5 Å². The molecule has 0 saturated heterocycles. The number of fused-ring (bicyclic) bond motifs is 1. The minimum Gasteiger partial charge on any atom is -0.319 e. The van der Waals surface area contributed by atoms with E-state index in [4.69, 9.17) is 0 Å². The van der Waals surface area contributed by atoms with Gasteiger partial charge in [-0.1, -0.05) is 6.07 Å². The van der Waals surface area contributed by atoms with E-state index < -0.39 is 11.7 Å². The zero-order chi connectivity index (χ0) is 15.9. The first-order valence-corrected chi connectivity index (χ1v) is 6.85. The number of amides is 1. The molecule has 2 heterocycles. The first-order valence-electron chi connectivity index (χ1n) is 6.85. The van der Waals surface area contributed by atoms with E-state index in [0.717, 1.165) is 17.0 Å². The number of nitrogens with one attached hydrogen (secondary N) is 1. The summed E-state index contributed by atoms with van der Waals surface area (Å²) in [5, 5.41) is 6.74. The molecule has 0 bridgehead atoms. The maximum absolute atomic E-state index is 13.8. The first kappa shape index (κ1) is 14.2. The van der Waals surface area contributed by atoms with Crippen LogP contribution in [0.15, 0.2) is 30.5 Å². The van der Waals surface area contributed by atoms with Crippen molar-refractivity contribution in [2.24, 2.45) is 0 Å².